The van der Waals surface area contributed by atoms with Crippen molar-refractivity contribution in [1.82, 2.24) is 5.32 Å². The van der Waals surface area contributed by atoms with E-state index in [1.165, 1.54) is 12.1 Å². The molecule has 1 aliphatic carbocycles. The lowest BCUT2D eigenvalue weighted by Gasteiger charge is -2.05. The van der Waals surface area contributed by atoms with Gasteiger partial charge in [-0.05, 0) is 42.2 Å². The number of carboxylic acids is 1. The SMILES string of the molecule is O=C(O)c1ccc(CNC(=O)C2CC2c2ccc(Cl)cc2Cl)o1. The van der Waals surface area contributed by atoms with Gasteiger partial charge in [-0.1, -0.05) is 29.3 Å². The average molecular weight is 354 g/mol. The predicted molar refractivity (Wildman–Crippen MR) is 84.8 cm³/mol. The molecule has 23 heavy (non-hydrogen) atoms. The molecule has 1 saturated carbocycles. The molecule has 1 aromatic heterocycles. The molecule has 3 rings (SSSR count). The first kappa shape index (κ1) is 15.9. The van der Waals surface area contributed by atoms with Crippen LogP contribution in [0.15, 0.2) is 34.7 Å². The summed E-state index contributed by atoms with van der Waals surface area (Å²) in [4.78, 5) is 22.9. The van der Waals surface area contributed by atoms with Crippen LogP contribution in [0.2, 0.25) is 10.0 Å². The normalized spacial score (nSPS) is 19.4. The first-order chi connectivity index (χ1) is 11.0. The second-order valence-corrected chi connectivity index (χ2v) is 6.25. The molecule has 0 radical (unpaired) electrons. The monoisotopic (exact) mass is 353 g/mol. The predicted octanol–water partition coefficient (Wildman–Crippen LogP) is 3.70. The minimum absolute atomic E-state index is 0.0888. The van der Waals surface area contributed by atoms with Gasteiger partial charge in [0.2, 0.25) is 11.7 Å². The van der Waals surface area contributed by atoms with E-state index in [1.54, 1.807) is 12.1 Å². The van der Waals surface area contributed by atoms with E-state index in [4.69, 9.17) is 32.7 Å². The van der Waals surface area contributed by atoms with Crippen molar-refractivity contribution in [2.45, 2.75) is 18.9 Å². The van der Waals surface area contributed by atoms with Crippen LogP contribution in [0, 0.1) is 5.92 Å². The Morgan fingerprint density at radius 3 is 2.70 bits per heavy atom. The van der Waals surface area contributed by atoms with Crippen LogP contribution in [0.3, 0.4) is 0 Å². The summed E-state index contributed by atoms with van der Waals surface area (Å²) in [6.07, 6.45) is 0.728. The summed E-state index contributed by atoms with van der Waals surface area (Å²) in [5, 5.41) is 12.7. The fourth-order valence-electron chi connectivity index (χ4n) is 2.52. The van der Waals surface area contributed by atoms with E-state index in [1.807, 2.05) is 6.07 Å². The first-order valence-electron chi connectivity index (χ1n) is 7.00. The maximum absolute atomic E-state index is 12.1. The Morgan fingerprint density at radius 2 is 2.04 bits per heavy atom. The Bertz CT molecular complexity index is 771. The topological polar surface area (TPSA) is 79.5 Å². The summed E-state index contributed by atoms with van der Waals surface area (Å²) in [7, 11) is 0. The van der Waals surface area contributed by atoms with Crippen molar-refractivity contribution in [3.8, 4) is 0 Å². The molecule has 2 aromatic rings. The third-order valence-corrected chi connectivity index (χ3v) is 4.36. The summed E-state index contributed by atoms with van der Waals surface area (Å²) < 4.78 is 5.09. The van der Waals surface area contributed by atoms with E-state index >= 15 is 0 Å². The number of amides is 1. The molecule has 120 valence electrons. The number of furan rings is 1. The van der Waals surface area contributed by atoms with Crippen LogP contribution in [-0.2, 0) is 11.3 Å². The molecule has 2 N–H and O–H groups in total. The van der Waals surface area contributed by atoms with E-state index in [0.29, 0.717) is 15.8 Å². The van der Waals surface area contributed by atoms with Crippen molar-refractivity contribution in [1.29, 1.82) is 0 Å². The van der Waals surface area contributed by atoms with E-state index in [0.717, 1.165) is 12.0 Å². The Morgan fingerprint density at radius 1 is 1.26 bits per heavy atom. The number of aromatic carboxylic acids is 1. The first-order valence-corrected chi connectivity index (χ1v) is 7.76. The average Bonchev–Trinajstić information content (AvgIpc) is 3.13. The van der Waals surface area contributed by atoms with Gasteiger partial charge in [-0.25, -0.2) is 4.79 Å². The second kappa shape index (κ2) is 6.26. The van der Waals surface area contributed by atoms with E-state index in [-0.39, 0.29) is 30.0 Å². The molecule has 1 aromatic carbocycles. The summed E-state index contributed by atoms with van der Waals surface area (Å²) in [5.74, 6) is -1.03. The largest absolute Gasteiger partial charge is 0.475 e. The number of halogens is 2. The number of nitrogens with one attached hydrogen (secondary N) is 1. The molecule has 1 amide bonds. The van der Waals surface area contributed by atoms with Gasteiger partial charge in [-0.2, -0.15) is 0 Å². The number of benzene rings is 1. The number of hydrogen-bond acceptors (Lipinski definition) is 3. The van der Waals surface area contributed by atoms with Crippen LogP contribution in [-0.4, -0.2) is 17.0 Å². The zero-order valence-corrected chi connectivity index (χ0v) is 13.4. The van der Waals surface area contributed by atoms with Crippen LogP contribution in [0.25, 0.3) is 0 Å². The van der Waals surface area contributed by atoms with Crippen LogP contribution in [0.1, 0.15) is 34.2 Å². The molecule has 0 bridgehead atoms. The van der Waals surface area contributed by atoms with Crippen LogP contribution < -0.4 is 5.32 Å². The Hall–Kier alpha value is -1.98. The van der Waals surface area contributed by atoms with Crippen molar-refractivity contribution >= 4 is 35.1 Å². The van der Waals surface area contributed by atoms with Gasteiger partial charge in [-0.3, -0.25) is 4.79 Å². The highest BCUT2D eigenvalue weighted by Gasteiger charge is 2.44. The van der Waals surface area contributed by atoms with Gasteiger partial charge in [0.05, 0.1) is 6.54 Å². The fraction of sp³-hybridized carbons (Fsp3) is 0.250. The minimum Gasteiger partial charge on any atom is -0.475 e. The van der Waals surface area contributed by atoms with Gasteiger partial charge in [-0.15, -0.1) is 0 Å². The summed E-state index contributed by atoms with van der Waals surface area (Å²) in [6, 6.07) is 8.16. The Kier molecular flexibility index (Phi) is 4.33. The molecular formula is C16H13Cl2NO4. The Balaban J connectivity index is 1.56. The van der Waals surface area contributed by atoms with Crippen LogP contribution in [0.4, 0.5) is 0 Å². The molecule has 1 heterocycles. The standard InChI is InChI=1S/C16H13Cl2NO4/c17-8-1-3-10(13(18)5-8)11-6-12(11)15(20)19-7-9-2-4-14(23-9)16(21)22/h1-5,11-12H,6-7H2,(H,19,20)(H,21,22). The van der Waals surface area contributed by atoms with E-state index < -0.39 is 5.97 Å². The van der Waals surface area contributed by atoms with Crippen molar-refractivity contribution in [3.63, 3.8) is 0 Å². The summed E-state index contributed by atoms with van der Waals surface area (Å²) in [6.45, 7) is 0.156. The highest BCUT2D eigenvalue weighted by molar-refractivity contribution is 6.35. The number of hydrogen-bond donors (Lipinski definition) is 2. The maximum Gasteiger partial charge on any atom is 0.371 e. The molecule has 1 fully saturated rings. The maximum atomic E-state index is 12.1. The van der Waals surface area contributed by atoms with Crippen molar-refractivity contribution in [2.75, 3.05) is 0 Å². The fourth-order valence-corrected chi connectivity index (χ4v) is 3.07. The highest BCUT2D eigenvalue weighted by atomic mass is 35.5. The second-order valence-electron chi connectivity index (χ2n) is 5.40. The van der Waals surface area contributed by atoms with Crippen LogP contribution in [0.5, 0.6) is 0 Å². The van der Waals surface area contributed by atoms with Crippen molar-refractivity contribution in [3.05, 3.63) is 57.5 Å². The van der Waals surface area contributed by atoms with Gasteiger partial charge in [0.1, 0.15) is 5.76 Å². The zero-order chi connectivity index (χ0) is 16.6. The number of carbonyl (C=O) groups is 2. The molecular weight excluding hydrogens is 341 g/mol. The number of carbonyl (C=O) groups excluding carboxylic acids is 1. The quantitative estimate of drug-likeness (QED) is 0.858. The molecule has 0 aliphatic heterocycles. The number of rotatable bonds is 5. The van der Waals surface area contributed by atoms with E-state index in [2.05, 4.69) is 5.32 Å². The minimum atomic E-state index is -1.14. The molecule has 0 spiro atoms. The summed E-state index contributed by atoms with van der Waals surface area (Å²) >= 11 is 12.0. The molecule has 7 heteroatoms. The zero-order valence-electron chi connectivity index (χ0n) is 11.9. The van der Waals surface area contributed by atoms with Gasteiger partial charge >= 0.3 is 5.97 Å². The third kappa shape index (κ3) is 3.51. The molecule has 5 nitrogen and oxygen atoms in total. The molecule has 0 saturated heterocycles. The van der Waals surface area contributed by atoms with Crippen molar-refractivity contribution in [2.24, 2.45) is 5.92 Å². The molecule has 2 unspecified atom stereocenters. The van der Waals surface area contributed by atoms with Crippen LogP contribution >= 0.6 is 23.2 Å². The van der Waals surface area contributed by atoms with Crippen molar-refractivity contribution < 1.29 is 19.1 Å². The van der Waals surface area contributed by atoms with Gasteiger partial charge in [0, 0.05) is 16.0 Å². The molecule has 1 aliphatic rings. The van der Waals surface area contributed by atoms with Gasteiger partial charge in [0.15, 0.2) is 0 Å². The highest BCUT2D eigenvalue weighted by Crippen LogP contribution is 2.50. The summed E-state index contributed by atoms with van der Waals surface area (Å²) in [5.41, 5.74) is 0.919. The van der Waals surface area contributed by atoms with Gasteiger partial charge < -0.3 is 14.8 Å². The molecule has 2 atom stereocenters. The lowest BCUT2D eigenvalue weighted by Crippen LogP contribution is -2.24. The lowest BCUT2D eigenvalue weighted by atomic mass is 10.1. The van der Waals surface area contributed by atoms with Gasteiger partial charge in [0.25, 0.3) is 0 Å². The Labute approximate surface area is 142 Å². The lowest BCUT2D eigenvalue weighted by molar-refractivity contribution is -0.122. The number of carboxylic acid groups (broad SMARTS) is 1. The van der Waals surface area contributed by atoms with E-state index in [9.17, 15) is 9.59 Å². The third-order valence-electron chi connectivity index (χ3n) is 3.80. The smallest absolute Gasteiger partial charge is 0.371 e.